The zero-order chi connectivity index (χ0) is 11.0. The van der Waals surface area contributed by atoms with Gasteiger partial charge in [0.1, 0.15) is 11.8 Å². The largest absolute Gasteiger partial charge is 0.467 e. The molecule has 1 aliphatic heterocycles. The Morgan fingerprint density at radius 1 is 1.31 bits per heavy atom. The van der Waals surface area contributed by atoms with Crippen molar-refractivity contribution < 1.29 is 4.42 Å². The SMILES string of the molecule is S=C1NC2=C(CCCC2)C(c2ccco2)N1. The highest BCUT2D eigenvalue weighted by atomic mass is 32.1. The van der Waals surface area contributed by atoms with Crippen molar-refractivity contribution in [3.05, 3.63) is 35.4 Å². The fourth-order valence-corrected chi connectivity index (χ4v) is 2.72. The van der Waals surface area contributed by atoms with E-state index in [9.17, 15) is 0 Å². The second-order valence-electron chi connectivity index (χ2n) is 4.26. The molecule has 0 fully saturated rings. The van der Waals surface area contributed by atoms with E-state index in [-0.39, 0.29) is 6.04 Å². The number of allylic oxidation sites excluding steroid dienone is 1. The van der Waals surface area contributed by atoms with Crippen LogP contribution in [0, 0.1) is 0 Å². The Balaban J connectivity index is 2.00. The number of hydrogen-bond acceptors (Lipinski definition) is 2. The standard InChI is InChI=1S/C12H14N2OS/c16-12-13-9-5-2-1-4-8(9)11(14-12)10-6-3-7-15-10/h3,6-7,11H,1-2,4-5H2,(H2,13,14,16). The molecule has 3 nitrogen and oxygen atoms in total. The topological polar surface area (TPSA) is 37.2 Å². The maximum Gasteiger partial charge on any atom is 0.171 e. The van der Waals surface area contributed by atoms with Crippen LogP contribution in [0.1, 0.15) is 37.5 Å². The van der Waals surface area contributed by atoms with Crippen LogP contribution in [-0.4, -0.2) is 5.11 Å². The van der Waals surface area contributed by atoms with Crippen molar-refractivity contribution in [2.75, 3.05) is 0 Å². The van der Waals surface area contributed by atoms with Gasteiger partial charge in [-0.3, -0.25) is 0 Å². The molecule has 2 aliphatic rings. The van der Waals surface area contributed by atoms with E-state index < -0.39 is 0 Å². The van der Waals surface area contributed by atoms with Gasteiger partial charge >= 0.3 is 0 Å². The van der Waals surface area contributed by atoms with Crippen LogP contribution in [0.5, 0.6) is 0 Å². The van der Waals surface area contributed by atoms with Gasteiger partial charge in [0.2, 0.25) is 0 Å². The van der Waals surface area contributed by atoms with Crippen molar-refractivity contribution in [3.63, 3.8) is 0 Å². The van der Waals surface area contributed by atoms with E-state index in [0.29, 0.717) is 5.11 Å². The molecule has 0 spiro atoms. The minimum absolute atomic E-state index is 0.138. The molecule has 0 amide bonds. The molecule has 0 saturated carbocycles. The van der Waals surface area contributed by atoms with E-state index in [4.69, 9.17) is 16.6 Å². The van der Waals surface area contributed by atoms with Crippen LogP contribution in [0.4, 0.5) is 0 Å². The fraction of sp³-hybridized carbons (Fsp3) is 0.417. The van der Waals surface area contributed by atoms with Crippen molar-refractivity contribution in [2.24, 2.45) is 0 Å². The molecule has 0 saturated heterocycles. The van der Waals surface area contributed by atoms with Crippen molar-refractivity contribution in [1.29, 1.82) is 0 Å². The van der Waals surface area contributed by atoms with Gasteiger partial charge in [0.15, 0.2) is 5.11 Å². The molecule has 1 unspecified atom stereocenters. The van der Waals surface area contributed by atoms with Gasteiger partial charge < -0.3 is 15.1 Å². The Labute approximate surface area is 99.9 Å². The summed E-state index contributed by atoms with van der Waals surface area (Å²) in [5, 5.41) is 7.27. The lowest BCUT2D eigenvalue weighted by atomic mass is 9.89. The summed E-state index contributed by atoms with van der Waals surface area (Å²) in [5.74, 6) is 0.957. The quantitative estimate of drug-likeness (QED) is 0.732. The molecule has 0 aromatic carbocycles. The zero-order valence-electron chi connectivity index (χ0n) is 8.95. The molecular weight excluding hydrogens is 220 g/mol. The van der Waals surface area contributed by atoms with Gasteiger partial charge in [-0.1, -0.05) is 0 Å². The van der Waals surface area contributed by atoms with Gasteiger partial charge in [-0.25, -0.2) is 0 Å². The first-order valence-corrected chi connectivity index (χ1v) is 6.08. The summed E-state index contributed by atoms with van der Waals surface area (Å²) in [6.45, 7) is 0. The summed E-state index contributed by atoms with van der Waals surface area (Å²) in [5.41, 5.74) is 2.71. The van der Waals surface area contributed by atoms with Crippen molar-refractivity contribution in [2.45, 2.75) is 31.7 Å². The van der Waals surface area contributed by atoms with E-state index >= 15 is 0 Å². The summed E-state index contributed by atoms with van der Waals surface area (Å²) in [4.78, 5) is 0. The first-order valence-electron chi connectivity index (χ1n) is 5.67. The Morgan fingerprint density at radius 3 is 3.00 bits per heavy atom. The summed E-state index contributed by atoms with van der Waals surface area (Å²) in [6.07, 6.45) is 6.45. The van der Waals surface area contributed by atoms with Gasteiger partial charge in [0, 0.05) is 5.70 Å². The highest BCUT2D eigenvalue weighted by molar-refractivity contribution is 7.80. The maximum absolute atomic E-state index is 5.49. The van der Waals surface area contributed by atoms with Crippen LogP contribution in [0.3, 0.4) is 0 Å². The lowest BCUT2D eigenvalue weighted by Crippen LogP contribution is -2.44. The Bertz CT molecular complexity index is 436. The fourth-order valence-electron chi connectivity index (χ4n) is 2.48. The van der Waals surface area contributed by atoms with Crippen LogP contribution in [0.25, 0.3) is 0 Å². The molecule has 3 rings (SSSR count). The molecule has 1 aliphatic carbocycles. The van der Waals surface area contributed by atoms with Crippen LogP contribution in [-0.2, 0) is 0 Å². The van der Waals surface area contributed by atoms with Crippen LogP contribution in [0.15, 0.2) is 34.1 Å². The number of rotatable bonds is 1. The summed E-state index contributed by atoms with van der Waals surface area (Å²) < 4.78 is 5.49. The summed E-state index contributed by atoms with van der Waals surface area (Å²) in [7, 11) is 0. The molecule has 2 heterocycles. The average Bonchev–Trinajstić information content (AvgIpc) is 2.81. The highest BCUT2D eigenvalue weighted by Gasteiger charge is 2.29. The molecule has 16 heavy (non-hydrogen) atoms. The van der Waals surface area contributed by atoms with Crippen LogP contribution < -0.4 is 10.6 Å². The van der Waals surface area contributed by atoms with E-state index in [0.717, 1.165) is 18.6 Å². The van der Waals surface area contributed by atoms with E-state index in [1.54, 1.807) is 6.26 Å². The number of furan rings is 1. The second-order valence-corrected chi connectivity index (χ2v) is 4.67. The lowest BCUT2D eigenvalue weighted by Gasteiger charge is -2.33. The number of thiocarbonyl (C=S) groups is 1. The van der Waals surface area contributed by atoms with E-state index in [1.807, 2.05) is 12.1 Å². The Morgan fingerprint density at radius 2 is 2.19 bits per heavy atom. The first-order chi connectivity index (χ1) is 7.84. The third kappa shape index (κ3) is 1.63. The molecule has 4 heteroatoms. The molecule has 1 aromatic rings. The summed E-state index contributed by atoms with van der Waals surface area (Å²) in [6, 6.07) is 4.06. The molecule has 0 bridgehead atoms. The van der Waals surface area contributed by atoms with Gasteiger partial charge in [-0.2, -0.15) is 0 Å². The highest BCUT2D eigenvalue weighted by Crippen LogP contribution is 2.35. The monoisotopic (exact) mass is 234 g/mol. The predicted octanol–water partition coefficient (Wildman–Crippen LogP) is 2.63. The normalized spacial score (nSPS) is 24.8. The van der Waals surface area contributed by atoms with Gasteiger partial charge in [-0.05, 0) is 55.6 Å². The number of nitrogens with one attached hydrogen (secondary N) is 2. The summed E-state index contributed by atoms with van der Waals surface area (Å²) >= 11 is 5.23. The molecule has 1 atom stereocenters. The van der Waals surface area contributed by atoms with Crippen molar-refractivity contribution >= 4 is 17.3 Å². The van der Waals surface area contributed by atoms with Crippen LogP contribution in [0.2, 0.25) is 0 Å². The van der Waals surface area contributed by atoms with Crippen LogP contribution >= 0.6 is 12.2 Å². The average molecular weight is 234 g/mol. The lowest BCUT2D eigenvalue weighted by molar-refractivity contribution is 0.446. The minimum atomic E-state index is 0.138. The Hall–Kier alpha value is -1.29. The molecular formula is C12H14N2OS. The molecule has 1 aromatic heterocycles. The van der Waals surface area contributed by atoms with E-state index in [2.05, 4.69) is 10.6 Å². The van der Waals surface area contributed by atoms with Gasteiger partial charge in [-0.15, -0.1) is 0 Å². The van der Waals surface area contributed by atoms with Crippen molar-refractivity contribution in [1.82, 2.24) is 10.6 Å². The second kappa shape index (κ2) is 3.94. The predicted molar refractivity (Wildman–Crippen MR) is 65.8 cm³/mol. The maximum atomic E-state index is 5.49. The first kappa shape index (κ1) is 9.90. The third-order valence-electron chi connectivity index (χ3n) is 3.23. The van der Waals surface area contributed by atoms with Gasteiger partial charge in [0.25, 0.3) is 0 Å². The zero-order valence-corrected chi connectivity index (χ0v) is 9.77. The number of hydrogen-bond donors (Lipinski definition) is 2. The smallest absolute Gasteiger partial charge is 0.171 e. The molecule has 2 N–H and O–H groups in total. The van der Waals surface area contributed by atoms with Crippen molar-refractivity contribution in [3.8, 4) is 0 Å². The van der Waals surface area contributed by atoms with E-state index in [1.165, 1.54) is 24.1 Å². The minimum Gasteiger partial charge on any atom is -0.467 e. The third-order valence-corrected chi connectivity index (χ3v) is 3.45. The van der Waals surface area contributed by atoms with Gasteiger partial charge in [0.05, 0.1) is 6.26 Å². The molecule has 84 valence electrons. The Kier molecular flexibility index (Phi) is 2.44. The molecule has 0 radical (unpaired) electrons.